The van der Waals surface area contributed by atoms with Crippen molar-refractivity contribution in [3.05, 3.63) is 28.3 Å². The third-order valence-electron chi connectivity index (χ3n) is 6.65. The Morgan fingerprint density at radius 3 is 2.65 bits per heavy atom. The predicted molar refractivity (Wildman–Crippen MR) is 139 cm³/mol. The predicted octanol–water partition coefficient (Wildman–Crippen LogP) is 5.43. The smallest absolute Gasteiger partial charge is 0.309 e. The molecule has 0 aliphatic carbocycles. The van der Waals surface area contributed by atoms with Gasteiger partial charge in [-0.15, -0.1) is 11.3 Å². The number of carbonyl (C=O) groups excluding carboxylic acids is 2. The van der Waals surface area contributed by atoms with Crippen LogP contribution in [0.5, 0.6) is 0 Å². The number of ketones is 1. The van der Waals surface area contributed by atoms with Crippen molar-refractivity contribution in [2.75, 3.05) is 6.26 Å². The Morgan fingerprint density at radius 2 is 2.00 bits per heavy atom. The molecule has 2 unspecified atom stereocenters. The third-order valence-corrected chi connectivity index (χ3v) is 8.53. The molecule has 0 radical (unpaired) electrons. The first-order valence-electron chi connectivity index (χ1n) is 11.9. The Morgan fingerprint density at radius 1 is 1.29 bits per heavy atom. The van der Waals surface area contributed by atoms with Gasteiger partial charge in [-0.25, -0.2) is 4.98 Å². The number of aliphatic hydroxyl groups excluding tert-OH is 2. The van der Waals surface area contributed by atoms with Crippen LogP contribution in [0.2, 0.25) is 0 Å². The lowest BCUT2D eigenvalue weighted by Crippen LogP contribution is -2.44. The highest BCUT2D eigenvalue weighted by Crippen LogP contribution is 2.31. The molecule has 0 amide bonds. The van der Waals surface area contributed by atoms with Gasteiger partial charge in [-0.3, -0.25) is 9.59 Å². The summed E-state index contributed by atoms with van der Waals surface area (Å²) in [6.45, 7) is 8.92. The van der Waals surface area contributed by atoms with Gasteiger partial charge in [0.05, 0.1) is 29.7 Å². The molecule has 34 heavy (non-hydrogen) atoms. The number of hydrogen-bond acceptors (Lipinski definition) is 8. The van der Waals surface area contributed by atoms with Gasteiger partial charge in [0.25, 0.3) is 0 Å². The normalized spacial score (nSPS) is 29.9. The quantitative estimate of drug-likeness (QED) is 0.318. The van der Waals surface area contributed by atoms with Gasteiger partial charge in [0, 0.05) is 17.7 Å². The van der Waals surface area contributed by atoms with Crippen LogP contribution in [-0.4, -0.2) is 51.5 Å². The molecule has 0 aromatic carbocycles. The van der Waals surface area contributed by atoms with E-state index in [1.165, 1.54) is 5.57 Å². The molecule has 0 saturated heterocycles. The van der Waals surface area contributed by atoms with Gasteiger partial charge in [0.1, 0.15) is 16.2 Å². The fourth-order valence-corrected chi connectivity index (χ4v) is 5.27. The first kappa shape index (κ1) is 28.8. The number of aliphatic hydroxyl groups is 2. The molecule has 1 aliphatic heterocycles. The third kappa shape index (κ3) is 8.04. The minimum Gasteiger partial charge on any atom is -0.457 e. The number of thioether (sulfide) groups is 1. The fraction of sp³-hybridized carbons (Fsp3) is 0.654. The largest absolute Gasteiger partial charge is 0.457 e. The van der Waals surface area contributed by atoms with Crippen molar-refractivity contribution in [2.24, 2.45) is 11.3 Å². The Hall–Kier alpha value is -1.48. The van der Waals surface area contributed by atoms with Crippen molar-refractivity contribution in [3.8, 4) is 0 Å². The van der Waals surface area contributed by atoms with Crippen LogP contribution < -0.4 is 0 Å². The molecule has 1 aromatic rings. The number of thiazole rings is 1. The number of ether oxygens (including phenoxy) is 1. The molecule has 1 aliphatic rings. The van der Waals surface area contributed by atoms with Crippen molar-refractivity contribution in [1.29, 1.82) is 0 Å². The maximum absolute atomic E-state index is 13.0. The van der Waals surface area contributed by atoms with E-state index in [4.69, 9.17) is 4.74 Å². The second kappa shape index (κ2) is 13.0. The summed E-state index contributed by atoms with van der Waals surface area (Å²) in [4.78, 5) is 30.4. The average molecular weight is 510 g/mol. The van der Waals surface area contributed by atoms with Gasteiger partial charge in [-0.05, 0) is 51.0 Å². The van der Waals surface area contributed by atoms with Gasteiger partial charge >= 0.3 is 5.97 Å². The zero-order valence-corrected chi connectivity index (χ0v) is 22.8. The van der Waals surface area contributed by atoms with Crippen molar-refractivity contribution in [1.82, 2.24) is 4.98 Å². The summed E-state index contributed by atoms with van der Waals surface area (Å²) in [5, 5.41) is 23.3. The average Bonchev–Trinajstić information content (AvgIpc) is 3.24. The first-order valence-corrected chi connectivity index (χ1v) is 14.0. The van der Waals surface area contributed by atoms with E-state index in [1.807, 2.05) is 24.6 Å². The monoisotopic (exact) mass is 509 g/mol. The first-order chi connectivity index (χ1) is 15.9. The van der Waals surface area contributed by atoms with E-state index in [2.05, 4.69) is 18.0 Å². The summed E-state index contributed by atoms with van der Waals surface area (Å²) in [5.74, 6) is -1.42. The van der Waals surface area contributed by atoms with Crippen molar-refractivity contribution in [2.45, 2.75) is 95.8 Å². The van der Waals surface area contributed by atoms with Gasteiger partial charge < -0.3 is 14.9 Å². The van der Waals surface area contributed by atoms with Crippen LogP contribution in [-0.2, 0) is 14.3 Å². The number of aromatic nitrogens is 1. The topological polar surface area (TPSA) is 96.7 Å². The van der Waals surface area contributed by atoms with E-state index < -0.39 is 35.6 Å². The standard InChI is InChI=1S/C26H39NO5S2/c1-16-9-7-8-10-20(28)18(3)24(31)26(4,5)22(29)14-23(30)32-21(12-11-16)17(2)13-19-15-34-25(27-19)33-6/h11,13,15,18,20-22,28-29H,7-10,12,14H2,1-6H3/b16-11+,17-13+/t18-,20?,21?,22+/m1/s1. The van der Waals surface area contributed by atoms with Gasteiger partial charge in [-0.2, -0.15) is 0 Å². The van der Waals surface area contributed by atoms with E-state index in [0.717, 1.165) is 34.9 Å². The Labute approximate surface area is 211 Å². The lowest BCUT2D eigenvalue weighted by molar-refractivity contribution is -0.153. The molecule has 8 heteroatoms. The maximum atomic E-state index is 13.0. The molecule has 0 bridgehead atoms. The van der Waals surface area contributed by atoms with Crippen LogP contribution >= 0.6 is 23.1 Å². The van der Waals surface area contributed by atoms with Gasteiger partial charge in [-0.1, -0.05) is 50.6 Å². The molecule has 190 valence electrons. The summed E-state index contributed by atoms with van der Waals surface area (Å²) < 4.78 is 6.78. The van der Waals surface area contributed by atoms with Crippen LogP contribution in [0.25, 0.3) is 6.08 Å². The van der Waals surface area contributed by atoms with E-state index in [-0.39, 0.29) is 12.2 Å². The summed E-state index contributed by atoms with van der Waals surface area (Å²) in [6, 6.07) is 0. The number of rotatable bonds is 3. The zero-order chi connectivity index (χ0) is 25.5. The number of nitrogens with zero attached hydrogens (tertiary/aromatic N) is 1. The number of esters is 1. The number of carbonyl (C=O) groups is 2. The Bertz CT molecular complexity index is 905. The number of Topliss-reactive ketones (excluding diaryl/α,β-unsaturated/α-hetero) is 1. The van der Waals surface area contributed by atoms with Crippen LogP contribution in [0, 0.1) is 11.3 Å². The van der Waals surface area contributed by atoms with E-state index in [1.54, 1.807) is 43.9 Å². The molecule has 4 atom stereocenters. The highest BCUT2D eigenvalue weighted by molar-refractivity contribution is 8.00. The highest BCUT2D eigenvalue weighted by atomic mass is 32.2. The SMILES string of the molecule is CSc1nc(/C=C(\C)C2C/C=C(\C)CCCCC(O)[C@@H](C)C(=O)C(C)(C)[C@@H](O)CC(=O)O2)cs1. The molecule has 0 spiro atoms. The molecule has 2 heterocycles. The molecule has 6 nitrogen and oxygen atoms in total. The minimum atomic E-state index is -1.21. The Balaban J connectivity index is 2.29. The van der Waals surface area contributed by atoms with Crippen LogP contribution in [0.1, 0.15) is 78.8 Å². The van der Waals surface area contributed by atoms with E-state index >= 15 is 0 Å². The van der Waals surface area contributed by atoms with E-state index in [0.29, 0.717) is 12.8 Å². The fourth-order valence-electron chi connectivity index (χ4n) is 4.05. The van der Waals surface area contributed by atoms with Crippen molar-refractivity contribution >= 4 is 40.9 Å². The Kier molecular flexibility index (Phi) is 11.0. The molecule has 1 aromatic heterocycles. The highest BCUT2D eigenvalue weighted by Gasteiger charge is 2.41. The second-order valence-corrected chi connectivity index (χ2v) is 11.7. The lowest BCUT2D eigenvalue weighted by Gasteiger charge is -2.33. The van der Waals surface area contributed by atoms with Crippen molar-refractivity contribution in [3.63, 3.8) is 0 Å². The summed E-state index contributed by atoms with van der Waals surface area (Å²) in [7, 11) is 0. The molecule has 0 fully saturated rings. The molecular weight excluding hydrogens is 470 g/mol. The summed E-state index contributed by atoms with van der Waals surface area (Å²) in [6.07, 6.45) is 6.92. The molecule has 2 N–H and O–H groups in total. The van der Waals surface area contributed by atoms with Gasteiger partial charge in [0.15, 0.2) is 0 Å². The van der Waals surface area contributed by atoms with Gasteiger partial charge in [0.2, 0.25) is 0 Å². The van der Waals surface area contributed by atoms with E-state index in [9.17, 15) is 19.8 Å². The molecular formula is C26H39NO5S2. The van der Waals surface area contributed by atoms with Crippen molar-refractivity contribution < 1.29 is 24.5 Å². The van der Waals surface area contributed by atoms with Crippen LogP contribution in [0.3, 0.4) is 0 Å². The number of allylic oxidation sites excluding steroid dienone is 1. The zero-order valence-electron chi connectivity index (χ0n) is 21.2. The molecule has 2 rings (SSSR count). The lowest BCUT2D eigenvalue weighted by atomic mass is 9.74. The number of cyclic esters (lactones) is 1. The van der Waals surface area contributed by atoms with Crippen LogP contribution in [0.15, 0.2) is 26.9 Å². The second-order valence-electron chi connectivity index (χ2n) is 9.80. The summed E-state index contributed by atoms with van der Waals surface area (Å²) in [5.41, 5.74) is 1.72. The number of hydrogen-bond donors (Lipinski definition) is 2. The van der Waals surface area contributed by atoms with Crippen LogP contribution in [0.4, 0.5) is 0 Å². The maximum Gasteiger partial charge on any atom is 0.309 e. The molecule has 0 saturated carbocycles. The summed E-state index contributed by atoms with van der Waals surface area (Å²) >= 11 is 3.16. The minimum absolute atomic E-state index is 0.246.